The van der Waals surface area contributed by atoms with Crippen LogP contribution >= 0.6 is 0 Å². The molecule has 1 aliphatic rings. The van der Waals surface area contributed by atoms with Gasteiger partial charge in [0.2, 0.25) is 5.91 Å². The number of hydrogen-bond donors (Lipinski definition) is 1. The minimum Gasteiger partial charge on any atom is -0.489 e. The number of likely N-dealkylation sites (tertiary alicyclic amines) is 1. The van der Waals surface area contributed by atoms with E-state index < -0.39 is 5.82 Å². The summed E-state index contributed by atoms with van der Waals surface area (Å²) in [6.07, 6.45) is 4.20. The number of aromatic nitrogens is 4. The first-order chi connectivity index (χ1) is 17.4. The van der Waals surface area contributed by atoms with E-state index in [1.54, 1.807) is 33.8 Å². The number of hydrogen-bond acceptors (Lipinski definition) is 6. The van der Waals surface area contributed by atoms with Gasteiger partial charge in [0.15, 0.2) is 5.65 Å². The quantitative estimate of drug-likeness (QED) is 0.405. The fraction of sp³-hybridized carbons (Fsp3) is 0.231. The summed E-state index contributed by atoms with van der Waals surface area (Å²) in [5.74, 6) is -0.602. The van der Waals surface area contributed by atoms with E-state index in [0.717, 1.165) is 12.8 Å². The first-order valence-corrected chi connectivity index (χ1v) is 11.5. The maximum absolute atomic E-state index is 15.3. The fourth-order valence-corrected chi connectivity index (χ4v) is 4.49. The van der Waals surface area contributed by atoms with Crippen molar-refractivity contribution in [3.05, 3.63) is 78.6 Å². The molecule has 184 valence electrons. The first-order valence-electron chi connectivity index (χ1n) is 11.5. The van der Waals surface area contributed by atoms with Gasteiger partial charge in [-0.05, 0) is 48.7 Å². The van der Waals surface area contributed by atoms with Crippen molar-refractivity contribution in [1.29, 1.82) is 0 Å². The molecule has 4 aromatic rings. The summed E-state index contributed by atoms with van der Waals surface area (Å²) in [4.78, 5) is 22.4. The Kier molecular flexibility index (Phi) is 6.32. The molecule has 1 fully saturated rings. The highest BCUT2D eigenvalue weighted by atomic mass is 19.1. The molecule has 2 aromatic heterocycles. The number of piperidine rings is 1. The Labute approximate surface area is 206 Å². The average molecular weight is 491 g/mol. The van der Waals surface area contributed by atoms with E-state index in [2.05, 4.69) is 16.5 Å². The average Bonchev–Trinajstić information content (AvgIpc) is 3.28. The summed E-state index contributed by atoms with van der Waals surface area (Å²) in [6, 6.07) is 10.3. The van der Waals surface area contributed by atoms with Gasteiger partial charge in [0.1, 0.15) is 41.8 Å². The van der Waals surface area contributed by atoms with Gasteiger partial charge in [-0.15, -0.1) is 0 Å². The molecule has 0 radical (unpaired) electrons. The van der Waals surface area contributed by atoms with Crippen molar-refractivity contribution in [3.63, 3.8) is 0 Å². The number of ether oxygens (including phenoxy) is 1. The zero-order chi connectivity index (χ0) is 25.2. The van der Waals surface area contributed by atoms with Crippen LogP contribution in [0.5, 0.6) is 5.75 Å². The summed E-state index contributed by atoms with van der Waals surface area (Å²) in [7, 11) is 0. The second-order valence-electron chi connectivity index (χ2n) is 8.60. The van der Waals surface area contributed by atoms with E-state index in [-0.39, 0.29) is 35.8 Å². The summed E-state index contributed by atoms with van der Waals surface area (Å²) in [6.45, 7) is 4.73. The van der Waals surface area contributed by atoms with Crippen LogP contribution in [0.3, 0.4) is 0 Å². The van der Waals surface area contributed by atoms with Crippen LogP contribution in [0.1, 0.15) is 24.4 Å². The van der Waals surface area contributed by atoms with E-state index in [1.165, 1.54) is 30.6 Å². The number of carbonyl (C=O) groups is 1. The number of nitrogens with two attached hydrogens (primary N) is 1. The third-order valence-electron chi connectivity index (χ3n) is 6.24. The molecule has 0 bridgehead atoms. The number of rotatable bonds is 6. The molecule has 3 heterocycles. The van der Waals surface area contributed by atoms with E-state index in [9.17, 15) is 9.18 Å². The standard InChI is InChI=1S/C26H24F2N6O2/c1-2-22(35)33-10-4-7-18(13-33)34-26-23(25(29)30-15-31-26)24(32-34)20-9-8-19(12-21(20)28)36-14-16-5-3-6-17(27)11-16/h2-3,5-6,8-9,11-12,15,18H,1,4,7,10,13-14H2,(H2,29,30,31). The van der Waals surface area contributed by atoms with Crippen molar-refractivity contribution in [2.45, 2.75) is 25.5 Å². The largest absolute Gasteiger partial charge is 0.489 e. The summed E-state index contributed by atoms with van der Waals surface area (Å²) >= 11 is 0. The van der Waals surface area contributed by atoms with Crippen molar-refractivity contribution in [2.75, 3.05) is 18.8 Å². The Hall–Kier alpha value is -4.34. The Morgan fingerprint density at radius 3 is 2.86 bits per heavy atom. The van der Waals surface area contributed by atoms with E-state index in [4.69, 9.17) is 15.6 Å². The molecule has 2 aromatic carbocycles. The number of benzene rings is 2. The lowest BCUT2D eigenvalue weighted by molar-refractivity contribution is -0.127. The minimum absolute atomic E-state index is 0.0938. The number of nitrogen functional groups attached to an aromatic ring is 1. The molecule has 1 aliphatic heterocycles. The van der Waals surface area contributed by atoms with Crippen molar-refractivity contribution in [1.82, 2.24) is 24.6 Å². The number of halogens is 2. The Morgan fingerprint density at radius 1 is 1.22 bits per heavy atom. The lowest BCUT2D eigenvalue weighted by atomic mass is 10.1. The highest BCUT2D eigenvalue weighted by Gasteiger charge is 2.28. The third-order valence-corrected chi connectivity index (χ3v) is 6.24. The number of nitrogens with zero attached hydrogens (tertiary/aromatic N) is 5. The predicted molar refractivity (Wildman–Crippen MR) is 131 cm³/mol. The van der Waals surface area contributed by atoms with Crippen molar-refractivity contribution in [3.8, 4) is 17.0 Å². The molecule has 1 amide bonds. The fourth-order valence-electron chi connectivity index (χ4n) is 4.49. The Morgan fingerprint density at radius 2 is 2.08 bits per heavy atom. The second-order valence-corrected chi connectivity index (χ2v) is 8.60. The van der Waals surface area contributed by atoms with Crippen LogP contribution < -0.4 is 10.5 Å². The normalized spacial score (nSPS) is 15.7. The molecule has 10 heteroatoms. The minimum atomic E-state index is -0.561. The Bertz CT molecular complexity index is 1450. The molecule has 36 heavy (non-hydrogen) atoms. The van der Waals surface area contributed by atoms with Gasteiger partial charge in [0.05, 0.1) is 11.4 Å². The summed E-state index contributed by atoms with van der Waals surface area (Å²) < 4.78 is 36.1. The van der Waals surface area contributed by atoms with Gasteiger partial charge in [0, 0.05) is 24.7 Å². The maximum atomic E-state index is 15.3. The molecule has 2 N–H and O–H groups in total. The number of fused-ring (bicyclic) bond motifs is 1. The SMILES string of the molecule is C=CC(=O)N1CCCC(n2nc(-c3ccc(OCc4cccc(F)c4)cc3F)c3c(N)ncnc32)C1. The van der Waals surface area contributed by atoms with Gasteiger partial charge in [-0.25, -0.2) is 23.4 Å². The van der Waals surface area contributed by atoms with Crippen molar-refractivity contribution < 1.29 is 18.3 Å². The molecule has 1 unspecified atom stereocenters. The molecule has 0 saturated carbocycles. The maximum Gasteiger partial charge on any atom is 0.246 e. The van der Waals surface area contributed by atoms with Crippen LogP contribution in [0, 0.1) is 11.6 Å². The van der Waals surface area contributed by atoms with Gasteiger partial charge in [-0.3, -0.25) is 4.79 Å². The van der Waals surface area contributed by atoms with Crippen molar-refractivity contribution >= 4 is 22.8 Å². The summed E-state index contributed by atoms with van der Waals surface area (Å²) in [5.41, 5.74) is 7.81. The van der Waals surface area contributed by atoms with E-state index in [0.29, 0.717) is 41.1 Å². The Balaban J connectivity index is 1.47. The lowest BCUT2D eigenvalue weighted by Crippen LogP contribution is -2.40. The van der Waals surface area contributed by atoms with Gasteiger partial charge in [-0.2, -0.15) is 5.10 Å². The first kappa shape index (κ1) is 23.4. The number of amides is 1. The van der Waals surface area contributed by atoms with Gasteiger partial charge in [0.25, 0.3) is 0 Å². The topological polar surface area (TPSA) is 99.2 Å². The molecule has 0 spiro atoms. The highest BCUT2D eigenvalue weighted by Crippen LogP contribution is 2.35. The molecule has 1 saturated heterocycles. The van der Waals surface area contributed by atoms with Crippen LogP contribution in [0.25, 0.3) is 22.3 Å². The molecular formula is C26H24F2N6O2. The van der Waals surface area contributed by atoms with Crippen LogP contribution in [0.2, 0.25) is 0 Å². The monoisotopic (exact) mass is 490 g/mol. The molecule has 5 rings (SSSR count). The van der Waals surface area contributed by atoms with E-state index in [1.807, 2.05) is 0 Å². The second kappa shape index (κ2) is 9.73. The van der Waals surface area contributed by atoms with Crippen LogP contribution in [0.15, 0.2) is 61.4 Å². The van der Waals surface area contributed by atoms with Gasteiger partial charge < -0.3 is 15.4 Å². The van der Waals surface area contributed by atoms with Crippen LogP contribution in [0.4, 0.5) is 14.6 Å². The number of carbonyl (C=O) groups excluding carboxylic acids is 1. The highest BCUT2D eigenvalue weighted by molar-refractivity contribution is 5.98. The van der Waals surface area contributed by atoms with Gasteiger partial charge in [-0.1, -0.05) is 18.7 Å². The van der Waals surface area contributed by atoms with E-state index >= 15 is 4.39 Å². The predicted octanol–water partition coefficient (Wildman–Crippen LogP) is 4.28. The molecule has 1 atom stereocenters. The van der Waals surface area contributed by atoms with Crippen LogP contribution in [-0.4, -0.2) is 43.6 Å². The zero-order valence-corrected chi connectivity index (χ0v) is 19.4. The zero-order valence-electron chi connectivity index (χ0n) is 19.4. The van der Waals surface area contributed by atoms with Gasteiger partial charge >= 0.3 is 0 Å². The lowest BCUT2D eigenvalue weighted by Gasteiger charge is -2.32. The smallest absolute Gasteiger partial charge is 0.246 e. The summed E-state index contributed by atoms with van der Waals surface area (Å²) in [5, 5.41) is 5.15. The molecule has 0 aliphatic carbocycles. The van der Waals surface area contributed by atoms with Crippen LogP contribution in [-0.2, 0) is 11.4 Å². The molecule has 8 nitrogen and oxygen atoms in total. The number of anilines is 1. The molecular weight excluding hydrogens is 466 g/mol. The van der Waals surface area contributed by atoms with Crippen molar-refractivity contribution in [2.24, 2.45) is 0 Å². The third kappa shape index (κ3) is 4.49.